The summed E-state index contributed by atoms with van der Waals surface area (Å²) in [5.74, 6) is -0.197. The minimum atomic E-state index is -1.58. The van der Waals surface area contributed by atoms with Crippen LogP contribution in [-0.4, -0.2) is 87.5 Å². The lowest BCUT2D eigenvalue weighted by Gasteiger charge is -2.40. The second kappa shape index (κ2) is 46.4. The molecule has 1 aliphatic rings. The molecule has 382 valence electrons. The maximum absolute atomic E-state index is 13.0. The Hall–Kier alpha value is -2.37. The van der Waals surface area contributed by atoms with Crippen LogP contribution in [0.3, 0.4) is 0 Å². The van der Waals surface area contributed by atoms with Crippen molar-refractivity contribution in [2.45, 2.75) is 269 Å². The van der Waals surface area contributed by atoms with Gasteiger partial charge in [0.2, 0.25) is 5.91 Å². The summed E-state index contributed by atoms with van der Waals surface area (Å²) in [5.41, 5.74) is 0. The average Bonchev–Trinajstić information content (AvgIpc) is 3.32. The van der Waals surface area contributed by atoms with E-state index in [4.69, 9.17) is 9.47 Å². The van der Waals surface area contributed by atoms with E-state index < -0.39 is 49.5 Å². The van der Waals surface area contributed by atoms with Gasteiger partial charge in [-0.15, -0.1) is 0 Å². The lowest BCUT2D eigenvalue weighted by atomic mass is 9.99. The molecule has 0 bridgehead atoms. The van der Waals surface area contributed by atoms with Gasteiger partial charge in [-0.25, -0.2) is 0 Å². The quantitative estimate of drug-likeness (QED) is 0.0261. The van der Waals surface area contributed by atoms with Gasteiger partial charge in [0.1, 0.15) is 24.4 Å². The topological polar surface area (TPSA) is 149 Å². The van der Waals surface area contributed by atoms with Gasteiger partial charge in [-0.3, -0.25) is 4.79 Å². The van der Waals surface area contributed by atoms with E-state index in [1.165, 1.54) is 128 Å². The Morgan fingerprint density at radius 2 is 0.909 bits per heavy atom. The van der Waals surface area contributed by atoms with E-state index in [1.54, 1.807) is 6.08 Å². The third kappa shape index (κ3) is 35.7. The zero-order valence-corrected chi connectivity index (χ0v) is 42.2. The van der Waals surface area contributed by atoms with Gasteiger partial charge in [0.25, 0.3) is 0 Å². The van der Waals surface area contributed by atoms with Gasteiger partial charge < -0.3 is 40.3 Å². The van der Waals surface area contributed by atoms with Crippen LogP contribution in [-0.2, 0) is 14.3 Å². The highest BCUT2D eigenvalue weighted by atomic mass is 16.7. The molecule has 1 heterocycles. The van der Waals surface area contributed by atoms with Crippen molar-refractivity contribution in [2.75, 3.05) is 13.2 Å². The van der Waals surface area contributed by atoms with Crippen LogP contribution in [0.15, 0.2) is 72.9 Å². The van der Waals surface area contributed by atoms with E-state index in [0.29, 0.717) is 6.42 Å². The largest absolute Gasteiger partial charge is 0.394 e. The smallest absolute Gasteiger partial charge is 0.220 e. The van der Waals surface area contributed by atoms with Crippen molar-refractivity contribution in [3.05, 3.63) is 72.9 Å². The average molecular weight is 928 g/mol. The summed E-state index contributed by atoms with van der Waals surface area (Å²) in [6.45, 7) is 3.74. The molecule has 0 aliphatic carbocycles. The number of aliphatic hydroxyl groups is 5. The Labute approximate surface area is 404 Å². The number of nitrogens with one attached hydrogen (secondary N) is 1. The number of hydrogen-bond acceptors (Lipinski definition) is 8. The van der Waals surface area contributed by atoms with Crippen molar-refractivity contribution >= 4 is 5.91 Å². The van der Waals surface area contributed by atoms with Crippen molar-refractivity contribution in [1.82, 2.24) is 5.32 Å². The predicted octanol–water partition coefficient (Wildman–Crippen LogP) is 12.9. The summed E-state index contributed by atoms with van der Waals surface area (Å²) >= 11 is 0. The van der Waals surface area contributed by atoms with Gasteiger partial charge in [0, 0.05) is 6.42 Å². The maximum atomic E-state index is 13.0. The highest BCUT2D eigenvalue weighted by Crippen LogP contribution is 2.23. The molecule has 0 saturated carbocycles. The summed E-state index contributed by atoms with van der Waals surface area (Å²) in [6, 6.07) is -0.834. The molecule has 1 rings (SSSR count). The number of aliphatic hydroxyl groups excluding tert-OH is 5. The molecule has 0 aromatic rings. The molecule has 0 radical (unpaired) electrons. The normalized spacial score (nSPS) is 20.4. The number of carbonyl (C=O) groups is 1. The molecule has 0 spiro atoms. The lowest BCUT2D eigenvalue weighted by Crippen LogP contribution is -2.60. The molecule has 9 nitrogen and oxygen atoms in total. The Bertz CT molecular complexity index is 1260. The molecule has 9 heteroatoms. The van der Waals surface area contributed by atoms with E-state index in [1.807, 2.05) is 6.08 Å². The summed E-state index contributed by atoms with van der Waals surface area (Å²) in [4.78, 5) is 13.0. The fourth-order valence-corrected chi connectivity index (χ4v) is 8.14. The molecule has 66 heavy (non-hydrogen) atoms. The molecular formula is C57H101NO8. The first kappa shape index (κ1) is 61.6. The summed E-state index contributed by atoms with van der Waals surface area (Å²) in [7, 11) is 0. The number of allylic oxidation sites excluding steroid dienone is 11. The Morgan fingerprint density at radius 3 is 1.38 bits per heavy atom. The van der Waals surface area contributed by atoms with Gasteiger partial charge >= 0.3 is 0 Å². The van der Waals surface area contributed by atoms with Gasteiger partial charge in [-0.2, -0.15) is 0 Å². The van der Waals surface area contributed by atoms with Crippen molar-refractivity contribution in [3.8, 4) is 0 Å². The van der Waals surface area contributed by atoms with Crippen LogP contribution in [0.1, 0.15) is 226 Å². The van der Waals surface area contributed by atoms with E-state index >= 15 is 0 Å². The molecule has 7 unspecified atom stereocenters. The van der Waals surface area contributed by atoms with Gasteiger partial charge in [-0.1, -0.05) is 209 Å². The van der Waals surface area contributed by atoms with Crippen LogP contribution in [0.5, 0.6) is 0 Å². The van der Waals surface area contributed by atoms with Gasteiger partial charge in [-0.05, 0) is 83.5 Å². The third-order valence-corrected chi connectivity index (χ3v) is 12.5. The van der Waals surface area contributed by atoms with Crippen molar-refractivity contribution in [1.29, 1.82) is 0 Å². The Kier molecular flexibility index (Phi) is 43.3. The van der Waals surface area contributed by atoms with E-state index in [9.17, 15) is 30.3 Å². The van der Waals surface area contributed by atoms with Crippen molar-refractivity contribution in [3.63, 3.8) is 0 Å². The summed E-state index contributed by atoms with van der Waals surface area (Å²) in [6.07, 6.45) is 56.7. The van der Waals surface area contributed by atoms with E-state index in [0.717, 1.165) is 77.0 Å². The molecule has 1 amide bonds. The lowest BCUT2D eigenvalue weighted by molar-refractivity contribution is -0.302. The van der Waals surface area contributed by atoms with Gasteiger partial charge in [0.15, 0.2) is 6.29 Å². The van der Waals surface area contributed by atoms with Crippen LogP contribution in [0, 0.1) is 0 Å². The first-order valence-corrected chi connectivity index (χ1v) is 27.2. The first-order chi connectivity index (χ1) is 32.3. The Morgan fingerprint density at radius 1 is 0.515 bits per heavy atom. The number of ether oxygens (including phenoxy) is 2. The Balaban J connectivity index is 2.29. The maximum Gasteiger partial charge on any atom is 0.220 e. The van der Waals surface area contributed by atoms with E-state index in [2.05, 4.69) is 79.9 Å². The molecule has 0 aromatic heterocycles. The standard InChI is InChI=1S/C57H101NO8/c1-3-5-7-9-11-13-15-17-19-21-23-24-25-26-27-28-29-31-33-35-37-39-41-43-45-47-53(61)58-50(49-65-57-56(64)55(63)54(62)52(48-59)66-57)51(60)46-44-42-40-38-36-34-32-30-22-20-18-16-14-12-10-8-6-4-2/h15,17,21-23,25-26,30,36,38,44,46,50-52,54-57,59-60,62-64H,3-14,16,18-20,24,27-29,31-35,37,39-43,45,47-49H2,1-2H3,(H,58,61)/b17-15-,23-21-,26-25-,30-22+,38-36+,46-44+. The fourth-order valence-electron chi connectivity index (χ4n) is 8.14. The molecule has 1 aliphatic heterocycles. The molecule has 6 N–H and O–H groups in total. The number of unbranched alkanes of at least 4 members (excludes halogenated alkanes) is 25. The predicted molar refractivity (Wildman–Crippen MR) is 276 cm³/mol. The van der Waals surface area contributed by atoms with Gasteiger partial charge in [0.05, 0.1) is 25.4 Å². The molecule has 7 atom stereocenters. The second-order valence-electron chi connectivity index (χ2n) is 18.6. The second-order valence-corrected chi connectivity index (χ2v) is 18.6. The first-order valence-electron chi connectivity index (χ1n) is 27.2. The number of rotatable bonds is 45. The highest BCUT2D eigenvalue weighted by Gasteiger charge is 2.44. The number of carbonyl (C=O) groups excluding carboxylic acids is 1. The van der Waals surface area contributed by atoms with Crippen LogP contribution < -0.4 is 5.32 Å². The molecular weight excluding hydrogens is 827 g/mol. The summed E-state index contributed by atoms with van der Waals surface area (Å²) < 4.78 is 11.2. The monoisotopic (exact) mass is 928 g/mol. The molecule has 0 aromatic carbocycles. The highest BCUT2D eigenvalue weighted by molar-refractivity contribution is 5.76. The number of amides is 1. The van der Waals surface area contributed by atoms with Crippen LogP contribution >= 0.6 is 0 Å². The van der Waals surface area contributed by atoms with Crippen molar-refractivity contribution < 1.29 is 39.8 Å². The van der Waals surface area contributed by atoms with Crippen LogP contribution in [0.2, 0.25) is 0 Å². The van der Waals surface area contributed by atoms with Crippen LogP contribution in [0.4, 0.5) is 0 Å². The third-order valence-electron chi connectivity index (χ3n) is 12.5. The van der Waals surface area contributed by atoms with Crippen LogP contribution in [0.25, 0.3) is 0 Å². The molecule has 1 saturated heterocycles. The zero-order valence-electron chi connectivity index (χ0n) is 42.2. The summed E-state index contributed by atoms with van der Waals surface area (Å²) in [5, 5.41) is 54.4. The minimum absolute atomic E-state index is 0.197. The van der Waals surface area contributed by atoms with E-state index in [-0.39, 0.29) is 12.5 Å². The van der Waals surface area contributed by atoms with Crippen molar-refractivity contribution in [2.24, 2.45) is 0 Å². The fraction of sp³-hybridized carbons (Fsp3) is 0.772. The molecule has 1 fully saturated rings. The SMILES string of the molecule is CCCCCCC/C=C\C/C=C\C/C=C\CCCCCCCCCCCCC(=O)NC(COC1OC(CO)C(O)C(O)C1O)C(O)/C=C/CC/C=C/CC/C=C/CCCCCCCCCC. The zero-order chi connectivity index (χ0) is 48.0. The minimum Gasteiger partial charge on any atom is -0.394 e. The number of hydrogen-bond donors (Lipinski definition) is 6.